The van der Waals surface area contributed by atoms with Crippen molar-refractivity contribution in [1.29, 1.82) is 0 Å². The molecule has 0 fully saturated rings. The molecule has 0 aliphatic carbocycles. The molecule has 0 aromatic heterocycles. The summed E-state index contributed by atoms with van der Waals surface area (Å²) in [6.45, 7) is 1.95. The third-order valence-corrected chi connectivity index (χ3v) is 8.20. The number of hydrogen-bond acceptors (Lipinski definition) is 0. The molecule has 0 amide bonds. The molecule has 0 spiro atoms. The van der Waals surface area contributed by atoms with Crippen molar-refractivity contribution < 1.29 is 5.73 Å². The molecule has 0 saturated carbocycles. The molecule has 0 aliphatic heterocycles. The number of benzene rings is 1. The fourth-order valence-electron chi connectivity index (χ4n) is 1.23. The Morgan fingerprint density at radius 2 is 1.77 bits per heavy atom. The Labute approximate surface area is 83.4 Å². The van der Waals surface area contributed by atoms with Crippen molar-refractivity contribution in [1.82, 2.24) is 0 Å². The van der Waals surface area contributed by atoms with Crippen LogP contribution in [0, 0.1) is 0 Å². The monoisotopic (exact) mass is 292 g/mol. The second kappa shape index (κ2) is 4.93. The van der Waals surface area contributed by atoms with Crippen molar-refractivity contribution in [3.63, 3.8) is 0 Å². The van der Waals surface area contributed by atoms with E-state index in [1.165, 1.54) is 0 Å². The van der Waals surface area contributed by atoms with Crippen LogP contribution in [-0.4, -0.2) is 19.5 Å². The van der Waals surface area contributed by atoms with Crippen LogP contribution >= 0.6 is 0 Å². The van der Waals surface area contributed by atoms with Gasteiger partial charge in [-0.25, -0.2) is 0 Å². The predicted molar refractivity (Wildman–Crippen MR) is 53.8 cm³/mol. The van der Waals surface area contributed by atoms with Gasteiger partial charge in [0.2, 0.25) is 0 Å². The number of hydrogen-bond donors (Lipinski definition) is 0. The van der Waals surface area contributed by atoms with E-state index in [0.717, 1.165) is 6.42 Å². The minimum absolute atomic E-state index is 0.162. The molecule has 1 aromatic carbocycles. The SMILES string of the molecule is CCC[CH2][Sn]([F])([F])[c]1ccccc1. The van der Waals surface area contributed by atoms with Crippen LogP contribution in [0.4, 0.5) is 5.73 Å². The summed E-state index contributed by atoms with van der Waals surface area (Å²) in [6.07, 6.45) is 1.53. The van der Waals surface area contributed by atoms with Gasteiger partial charge in [-0.1, -0.05) is 0 Å². The van der Waals surface area contributed by atoms with E-state index in [9.17, 15) is 5.73 Å². The Morgan fingerprint density at radius 1 is 1.15 bits per heavy atom. The molecule has 0 unspecified atom stereocenters. The van der Waals surface area contributed by atoms with E-state index in [4.69, 9.17) is 0 Å². The zero-order chi connectivity index (χ0) is 9.73. The van der Waals surface area contributed by atoms with Crippen molar-refractivity contribution >= 4 is 23.1 Å². The quantitative estimate of drug-likeness (QED) is 0.748. The molecule has 0 heterocycles. The molecule has 0 nitrogen and oxygen atoms in total. The maximum atomic E-state index is 13.6. The molecule has 0 atom stereocenters. The number of halogens is 2. The van der Waals surface area contributed by atoms with Gasteiger partial charge in [-0.05, 0) is 0 Å². The molecule has 1 aromatic rings. The molecule has 13 heavy (non-hydrogen) atoms. The van der Waals surface area contributed by atoms with Gasteiger partial charge in [0.05, 0.1) is 0 Å². The first-order chi connectivity index (χ1) is 6.17. The standard InChI is InChI=1S/C6H5.C4H9.2FH.Sn/c1-2-4-6-5-3-1;1-3-4-2;;;/h1-5H;1,3-4H2,2H3;2*1H;/q;;;;+2/p-2. The van der Waals surface area contributed by atoms with E-state index in [-0.39, 0.29) is 4.44 Å². The van der Waals surface area contributed by atoms with E-state index in [2.05, 4.69) is 0 Å². The third-order valence-electron chi connectivity index (χ3n) is 2.04. The summed E-state index contributed by atoms with van der Waals surface area (Å²) in [6, 6.07) is 8.33. The van der Waals surface area contributed by atoms with Gasteiger partial charge in [0.25, 0.3) is 0 Å². The molecule has 0 bridgehead atoms. The van der Waals surface area contributed by atoms with Crippen molar-refractivity contribution in [3.8, 4) is 0 Å². The summed E-state index contributed by atoms with van der Waals surface area (Å²) in [5, 5.41) is 0. The van der Waals surface area contributed by atoms with Crippen LogP contribution in [0.3, 0.4) is 0 Å². The average molecular weight is 291 g/mol. The summed E-state index contributed by atoms with van der Waals surface area (Å²) in [4.78, 5) is 0. The fourth-order valence-corrected chi connectivity index (χ4v) is 6.27. The van der Waals surface area contributed by atoms with Crippen LogP contribution in [0.5, 0.6) is 0 Å². The van der Waals surface area contributed by atoms with E-state index < -0.39 is 19.5 Å². The summed E-state index contributed by atoms with van der Waals surface area (Å²) < 4.78 is 27.6. The molecule has 3 heteroatoms. The second-order valence-electron chi connectivity index (χ2n) is 3.17. The zero-order valence-corrected chi connectivity index (χ0v) is 10.6. The van der Waals surface area contributed by atoms with Crippen molar-refractivity contribution in [2.45, 2.75) is 24.2 Å². The zero-order valence-electron chi connectivity index (χ0n) is 7.76. The Morgan fingerprint density at radius 3 is 2.31 bits per heavy atom. The minimum atomic E-state index is -4.84. The van der Waals surface area contributed by atoms with Crippen molar-refractivity contribution in [2.24, 2.45) is 0 Å². The van der Waals surface area contributed by atoms with E-state index in [1.54, 1.807) is 30.3 Å². The van der Waals surface area contributed by atoms with Crippen LogP contribution in [-0.2, 0) is 0 Å². The molecule has 0 radical (unpaired) electrons. The summed E-state index contributed by atoms with van der Waals surface area (Å²) in [7, 11) is 0. The molecule has 0 saturated heterocycles. The predicted octanol–water partition coefficient (Wildman–Crippen LogP) is 3.07. The van der Waals surface area contributed by atoms with E-state index in [1.807, 2.05) is 6.92 Å². The van der Waals surface area contributed by atoms with Gasteiger partial charge in [-0.3, -0.25) is 0 Å². The first kappa shape index (κ1) is 11.0. The second-order valence-corrected chi connectivity index (χ2v) is 10.3. The molecular formula is C10H14F2Sn. The Bertz CT molecular complexity index is 246. The van der Waals surface area contributed by atoms with E-state index in [0.29, 0.717) is 10.0 Å². The van der Waals surface area contributed by atoms with Gasteiger partial charge in [-0.15, -0.1) is 0 Å². The Kier molecular flexibility index (Phi) is 4.16. The Balaban J connectivity index is 2.69. The van der Waals surface area contributed by atoms with Crippen LogP contribution in [0.15, 0.2) is 30.3 Å². The van der Waals surface area contributed by atoms with E-state index >= 15 is 0 Å². The molecule has 1 rings (SSSR count). The average Bonchev–Trinajstić information content (AvgIpc) is 2.16. The fraction of sp³-hybridized carbons (Fsp3) is 0.400. The molecule has 0 aliphatic rings. The molecule has 72 valence electrons. The van der Waals surface area contributed by atoms with Gasteiger partial charge < -0.3 is 0 Å². The molecule has 0 N–H and O–H groups in total. The first-order valence-electron chi connectivity index (χ1n) is 4.60. The maximum absolute atomic E-state index is 13.6. The van der Waals surface area contributed by atoms with Crippen LogP contribution in [0.2, 0.25) is 4.44 Å². The van der Waals surface area contributed by atoms with Crippen LogP contribution < -0.4 is 3.58 Å². The Hall–Kier alpha value is -0.121. The van der Waals surface area contributed by atoms with Crippen LogP contribution in [0.25, 0.3) is 0 Å². The molecular weight excluding hydrogens is 277 g/mol. The van der Waals surface area contributed by atoms with Gasteiger partial charge in [-0.2, -0.15) is 0 Å². The van der Waals surface area contributed by atoms with Crippen molar-refractivity contribution in [3.05, 3.63) is 30.3 Å². The number of unbranched alkanes of at least 4 members (excludes halogenated alkanes) is 1. The van der Waals surface area contributed by atoms with Gasteiger partial charge in [0, 0.05) is 0 Å². The summed E-state index contributed by atoms with van der Waals surface area (Å²) in [5.41, 5.74) is 0. The normalized spacial score (nSPS) is 11.6. The number of rotatable bonds is 4. The van der Waals surface area contributed by atoms with Gasteiger partial charge in [0.1, 0.15) is 0 Å². The van der Waals surface area contributed by atoms with Crippen molar-refractivity contribution in [2.75, 3.05) is 0 Å². The third kappa shape index (κ3) is 3.25. The van der Waals surface area contributed by atoms with Gasteiger partial charge >= 0.3 is 83.4 Å². The van der Waals surface area contributed by atoms with Crippen LogP contribution in [0.1, 0.15) is 19.8 Å². The first-order valence-corrected chi connectivity index (χ1v) is 10.2. The summed E-state index contributed by atoms with van der Waals surface area (Å²) >= 11 is -4.84. The van der Waals surface area contributed by atoms with Gasteiger partial charge in [0.15, 0.2) is 0 Å². The summed E-state index contributed by atoms with van der Waals surface area (Å²) in [5.74, 6) is 0. The topological polar surface area (TPSA) is 0 Å².